The second kappa shape index (κ2) is 6.24. The third kappa shape index (κ3) is 2.91. The van der Waals surface area contributed by atoms with Crippen LogP contribution in [0.4, 0.5) is 0 Å². The third-order valence-electron chi connectivity index (χ3n) is 3.84. The molecule has 3 rings (SSSR count). The molecule has 0 spiro atoms. The van der Waals surface area contributed by atoms with Crippen LogP contribution in [0.2, 0.25) is 5.02 Å². The standard InChI is InChI=1S/C16H16ClNO2S2/c1-21-15-7-6-14(17)10-16(15)22(19,20)18-9-8-12-4-2-3-5-13(12)11-18/h2-7,10H,8-9,11H2,1H3. The lowest BCUT2D eigenvalue weighted by atomic mass is 10.0. The highest BCUT2D eigenvalue weighted by Gasteiger charge is 2.30. The number of thioether (sulfide) groups is 1. The van der Waals surface area contributed by atoms with Gasteiger partial charge in [0.1, 0.15) is 0 Å². The second-order valence-electron chi connectivity index (χ2n) is 5.15. The van der Waals surface area contributed by atoms with Crippen LogP contribution in [0.3, 0.4) is 0 Å². The summed E-state index contributed by atoms with van der Waals surface area (Å²) in [7, 11) is -3.54. The fraction of sp³-hybridized carbons (Fsp3) is 0.250. The Labute approximate surface area is 140 Å². The molecule has 6 heteroatoms. The summed E-state index contributed by atoms with van der Waals surface area (Å²) in [4.78, 5) is 1.02. The zero-order valence-electron chi connectivity index (χ0n) is 12.1. The first-order chi connectivity index (χ1) is 10.5. The summed E-state index contributed by atoms with van der Waals surface area (Å²) in [5, 5.41) is 0.439. The van der Waals surface area contributed by atoms with Crippen molar-refractivity contribution in [1.82, 2.24) is 4.31 Å². The highest BCUT2D eigenvalue weighted by molar-refractivity contribution is 7.99. The number of hydrogen-bond donors (Lipinski definition) is 0. The van der Waals surface area contributed by atoms with Crippen LogP contribution in [0.25, 0.3) is 0 Å². The van der Waals surface area contributed by atoms with Gasteiger partial charge < -0.3 is 0 Å². The Hall–Kier alpha value is -1.01. The third-order valence-corrected chi connectivity index (χ3v) is 6.88. The summed E-state index contributed by atoms with van der Waals surface area (Å²) < 4.78 is 27.5. The van der Waals surface area contributed by atoms with E-state index in [1.807, 2.05) is 24.5 Å². The first kappa shape index (κ1) is 15.9. The minimum atomic E-state index is -3.54. The molecule has 0 amide bonds. The molecule has 1 aliphatic rings. The average molecular weight is 354 g/mol. The van der Waals surface area contributed by atoms with Crippen LogP contribution in [-0.4, -0.2) is 25.5 Å². The van der Waals surface area contributed by atoms with Crippen molar-refractivity contribution in [2.45, 2.75) is 22.8 Å². The van der Waals surface area contributed by atoms with Gasteiger partial charge in [0.25, 0.3) is 0 Å². The lowest BCUT2D eigenvalue weighted by Gasteiger charge is -2.28. The average Bonchev–Trinajstić information content (AvgIpc) is 2.54. The predicted octanol–water partition coefficient (Wildman–Crippen LogP) is 3.81. The number of nitrogens with zero attached hydrogens (tertiary/aromatic N) is 1. The van der Waals surface area contributed by atoms with E-state index in [4.69, 9.17) is 11.6 Å². The molecule has 0 N–H and O–H groups in total. The van der Waals surface area contributed by atoms with Gasteiger partial charge in [-0.1, -0.05) is 35.9 Å². The normalized spacial score (nSPS) is 15.5. The number of hydrogen-bond acceptors (Lipinski definition) is 3. The Morgan fingerprint density at radius 2 is 1.86 bits per heavy atom. The molecule has 0 bridgehead atoms. The molecule has 0 saturated carbocycles. The number of rotatable bonds is 3. The maximum Gasteiger partial charge on any atom is 0.244 e. The van der Waals surface area contributed by atoms with Crippen molar-refractivity contribution in [3.8, 4) is 0 Å². The summed E-state index contributed by atoms with van der Waals surface area (Å²) in [6.07, 6.45) is 2.61. The van der Waals surface area contributed by atoms with Gasteiger partial charge in [0, 0.05) is 23.0 Å². The first-order valence-electron chi connectivity index (χ1n) is 6.93. The molecule has 22 heavy (non-hydrogen) atoms. The fourth-order valence-electron chi connectivity index (χ4n) is 2.67. The largest absolute Gasteiger partial charge is 0.244 e. The Kier molecular flexibility index (Phi) is 4.50. The van der Waals surface area contributed by atoms with Crippen LogP contribution >= 0.6 is 23.4 Å². The van der Waals surface area contributed by atoms with E-state index in [1.54, 1.807) is 22.5 Å². The molecule has 0 saturated heterocycles. The molecular formula is C16H16ClNO2S2. The van der Waals surface area contributed by atoms with Gasteiger partial charge >= 0.3 is 0 Å². The van der Waals surface area contributed by atoms with E-state index in [0.717, 1.165) is 16.9 Å². The van der Waals surface area contributed by atoms with E-state index >= 15 is 0 Å². The molecule has 0 fully saturated rings. The van der Waals surface area contributed by atoms with Gasteiger partial charge in [-0.15, -0.1) is 11.8 Å². The number of fused-ring (bicyclic) bond motifs is 1. The zero-order valence-corrected chi connectivity index (χ0v) is 14.5. The zero-order chi connectivity index (χ0) is 15.7. The fourth-order valence-corrected chi connectivity index (χ4v) is 5.45. The van der Waals surface area contributed by atoms with Gasteiger partial charge in [-0.3, -0.25) is 0 Å². The van der Waals surface area contributed by atoms with Crippen molar-refractivity contribution in [1.29, 1.82) is 0 Å². The molecule has 0 radical (unpaired) electrons. The molecule has 1 heterocycles. The number of sulfonamides is 1. The molecule has 3 nitrogen and oxygen atoms in total. The highest BCUT2D eigenvalue weighted by Crippen LogP contribution is 2.32. The summed E-state index contributed by atoms with van der Waals surface area (Å²) in [5.74, 6) is 0. The van der Waals surface area contributed by atoms with Crippen LogP contribution in [-0.2, 0) is 23.0 Å². The van der Waals surface area contributed by atoms with Crippen molar-refractivity contribution in [2.24, 2.45) is 0 Å². The Bertz CT molecular complexity index is 806. The Morgan fingerprint density at radius 3 is 2.59 bits per heavy atom. The van der Waals surface area contributed by atoms with Gasteiger partial charge in [-0.2, -0.15) is 4.31 Å². The van der Waals surface area contributed by atoms with E-state index in [-0.39, 0.29) is 0 Å². The molecular weight excluding hydrogens is 338 g/mol. The van der Waals surface area contributed by atoms with Crippen LogP contribution in [0.1, 0.15) is 11.1 Å². The van der Waals surface area contributed by atoms with Gasteiger partial charge in [0.05, 0.1) is 4.90 Å². The van der Waals surface area contributed by atoms with Gasteiger partial charge in [-0.25, -0.2) is 8.42 Å². The molecule has 2 aromatic carbocycles. The molecule has 0 aromatic heterocycles. The molecule has 2 aromatic rings. The summed E-state index contributed by atoms with van der Waals surface area (Å²) in [5.41, 5.74) is 2.30. The predicted molar refractivity (Wildman–Crippen MR) is 91.0 cm³/mol. The van der Waals surface area contributed by atoms with E-state index in [1.165, 1.54) is 17.3 Å². The van der Waals surface area contributed by atoms with E-state index in [2.05, 4.69) is 6.07 Å². The minimum absolute atomic E-state index is 0.298. The SMILES string of the molecule is CSc1ccc(Cl)cc1S(=O)(=O)N1CCc2ccccc2C1. The van der Waals surface area contributed by atoms with Gasteiger partial charge in [0.15, 0.2) is 0 Å². The summed E-state index contributed by atoms with van der Waals surface area (Å²) in [6, 6.07) is 13.0. The lowest BCUT2D eigenvalue weighted by Crippen LogP contribution is -2.36. The molecule has 1 aliphatic heterocycles. The lowest BCUT2D eigenvalue weighted by molar-refractivity contribution is 0.390. The molecule has 0 aliphatic carbocycles. The van der Waals surface area contributed by atoms with Gasteiger partial charge in [-0.05, 0) is 42.0 Å². The van der Waals surface area contributed by atoms with E-state index in [0.29, 0.717) is 23.0 Å². The molecule has 0 unspecified atom stereocenters. The van der Waals surface area contributed by atoms with E-state index in [9.17, 15) is 8.42 Å². The van der Waals surface area contributed by atoms with Crippen LogP contribution in [0.5, 0.6) is 0 Å². The second-order valence-corrected chi connectivity index (χ2v) is 8.34. The van der Waals surface area contributed by atoms with E-state index < -0.39 is 10.0 Å². The monoisotopic (exact) mass is 353 g/mol. The van der Waals surface area contributed by atoms with Gasteiger partial charge in [0.2, 0.25) is 10.0 Å². The van der Waals surface area contributed by atoms with Crippen LogP contribution in [0, 0.1) is 0 Å². The van der Waals surface area contributed by atoms with Crippen molar-refractivity contribution in [3.05, 3.63) is 58.6 Å². The maximum absolute atomic E-state index is 13.0. The molecule has 0 atom stereocenters. The van der Waals surface area contributed by atoms with Crippen molar-refractivity contribution < 1.29 is 8.42 Å². The Balaban J connectivity index is 2.00. The van der Waals surface area contributed by atoms with Crippen LogP contribution < -0.4 is 0 Å². The van der Waals surface area contributed by atoms with Crippen molar-refractivity contribution in [2.75, 3.05) is 12.8 Å². The summed E-state index contributed by atoms with van der Waals surface area (Å²) >= 11 is 7.42. The van der Waals surface area contributed by atoms with Crippen LogP contribution in [0.15, 0.2) is 52.3 Å². The highest BCUT2D eigenvalue weighted by atomic mass is 35.5. The van der Waals surface area contributed by atoms with Crippen molar-refractivity contribution >= 4 is 33.4 Å². The maximum atomic E-state index is 13.0. The Morgan fingerprint density at radius 1 is 1.14 bits per heavy atom. The number of benzene rings is 2. The summed E-state index contributed by atoms with van der Waals surface area (Å²) in [6.45, 7) is 0.915. The minimum Gasteiger partial charge on any atom is -0.207 e. The number of halogens is 1. The first-order valence-corrected chi connectivity index (χ1v) is 9.97. The quantitative estimate of drug-likeness (QED) is 0.787. The topological polar surface area (TPSA) is 37.4 Å². The smallest absolute Gasteiger partial charge is 0.207 e. The van der Waals surface area contributed by atoms with Crippen molar-refractivity contribution in [3.63, 3.8) is 0 Å². The molecule has 116 valence electrons.